The molecule has 2 aromatic carbocycles. The Balaban J connectivity index is 0.000000378. The van der Waals surface area contributed by atoms with E-state index in [1.807, 2.05) is 72.8 Å². The normalized spacial score (nSPS) is 8.74. The van der Waals surface area contributed by atoms with Gasteiger partial charge in [-0.05, 0) is 16.7 Å². The van der Waals surface area contributed by atoms with Gasteiger partial charge >= 0.3 is 11.9 Å². The first kappa shape index (κ1) is 23.6. The van der Waals surface area contributed by atoms with Crippen LogP contribution in [0.5, 0.6) is 0 Å². The van der Waals surface area contributed by atoms with Crippen LogP contribution >= 0.6 is 0 Å². The molecule has 5 nitrogen and oxygen atoms in total. The summed E-state index contributed by atoms with van der Waals surface area (Å²) in [4.78, 5) is 19.5. The Kier molecular flexibility index (Phi) is 13.0. The van der Waals surface area contributed by atoms with Crippen LogP contribution in [0, 0.1) is 0 Å². The van der Waals surface area contributed by atoms with E-state index >= 15 is 0 Å². The second-order valence-electron chi connectivity index (χ2n) is 5.04. The van der Waals surface area contributed by atoms with E-state index in [4.69, 9.17) is 10.2 Å². The molecule has 0 saturated carbocycles. The van der Waals surface area contributed by atoms with Gasteiger partial charge in [-0.2, -0.15) is 0 Å². The van der Waals surface area contributed by atoms with Crippen molar-refractivity contribution in [3.05, 3.63) is 91.0 Å². The van der Waals surface area contributed by atoms with Gasteiger partial charge in [0.1, 0.15) is 0 Å². The largest absolute Gasteiger partial charge is 0.480 e. The maximum Gasteiger partial charge on any atom is 0.317 e. The summed E-state index contributed by atoms with van der Waals surface area (Å²) in [5, 5.41) is 18.1. The zero-order valence-corrected chi connectivity index (χ0v) is 15.2. The molecule has 5 heteroatoms. The predicted molar refractivity (Wildman–Crippen MR) is 111 cm³/mol. The lowest BCUT2D eigenvalue weighted by Crippen LogP contribution is -2.27. The van der Waals surface area contributed by atoms with E-state index in [0.717, 1.165) is 11.1 Å². The Bertz CT molecular complexity index is 698. The highest BCUT2D eigenvalue weighted by molar-refractivity contribution is 5.72. The number of hydrogen-bond acceptors (Lipinski definition) is 3. The first-order chi connectivity index (χ1) is 12.9. The van der Waals surface area contributed by atoms with Crippen molar-refractivity contribution < 1.29 is 19.8 Å². The third-order valence-electron chi connectivity index (χ3n) is 3.02. The number of nitrogens with one attached hydrogen (secondary N) is 1. The fourth-order valence-corrected chi connectivity index (χ4v) is 1.75. The van der Waals surface area contributed by atoms with Crippen molar-refractivity contribution in [2.24, 2.45) is 0 Å². The number of benzene rings is 2. The van der Waals surface area contributed by atoms with Crippen molar-refractivity contribution >= 4 is 30.2 Å². The summed E-state index contributed by atoms with van der Waals surface area (Å²) >= 11 is 0. The number of carboxylic acids is 2. The zero-order valence-electron chi connectivity index (χ0n) is 15.2. The lowest BCUT2D eigenvalue weighted by Gasteiger charge is -1.96. The van der Waals surface area contributed by atoms with Crippen LogP contribution in [0.4, 0.5) is 0 Å². The fraction of sp³-hybridized carbons (Fsp3) is 0.0909. The Labute approximate surface area is 160 Å². The van der Waals surface area contributed by atoms with Crippen LogP contribution in [0.15, 0.2) is 74.3 Å². The molecular weight excluding hydrogens is 342 g/mol. The molecule has 0 atom stereocenters. The molecule has 0 radical (unpaired) electrons. The first-order valence-electron chi connectivity index (χ1n) is 8.10. The maximum absolute atomic E-state index is 9.73. The van der Waals surface area contributed by atoms with Gasteiger partial charge in [0.05, 0.1) is 13.1 Å². The van der Waals surface area contributed by atoms with Gasteiger partial charge in [-0.1, -0.05) is 92.6 Å². The van der Waals surface area contributed by atoms with Crippen LogP contribution in [-0.4, -0.2) is 35.2 Å². The summed E-state index contributed by atoms with van der Waals surface area (Å²) in [6.45, 7) is 10.4. The molecular formula is C22H25NO4. The second-order valence-corrected chi connectivity index (χ2v) is 5.04. The summed E-state index contributed by atoms with van der Waals surface area (Å²) < 4.78 is 0. The number of aliphatic carboxylic acids is 2. The lowest BCUT2D eigenvalue weighted by molar-refractivity contribution is -0.137. The predicted octanol–water partition coefficient (Wildman–Crippen LogP) is 4.05. The van der Waals surface area contributed by atoms with E-state index in [0.29, 0.717) is 0 Å². The second kappa shape index (κ2) is 14.9. The Hall–Kier alpha value is -3.44. The number of carboxylic acid groups (broad SMARTS) is 2. The molecule has 3 N–H and O–H groups in total. The van der Waals surface area contributed by atoms with Crippen LogP contribution in [-0.2, 0) is 9.59 Å². The molecule has 0 saturated heterocycles. The van der Waals surface area contributed by atoms with Crippen molar-refractivity contribution in [3.8, 4) is 0 Å². The smallest absolute Gasteiger partial charge is 0.317 e. The highest BCUT2D eigenvalue weighted by Crippen LogP contribution is 2.10. The molecule has 142 valence electrons. The molecule has 0 amide bonds. The van der Waals surface area contributed by atoms with E-state index in [2.05, 4.69) is 25.1 Å². The van der Waals surface area contributed by atoms with Gasteiger partial charge in [0.2, 0.25) is 0 Å². The molecule has 2 rings (SSSR count). The Morgan fingerprint density at radius 1 is 0.741 bits per heavy atom. The minimum atomic E-state index is -1.06. The Morgan fingerprint density at radius 2 is 1.15 bits per heavy atom. The SMILES string of the molecule is C=Cc1ccccc1.C=Cc1ccccc1C=C.O=C(O)CNCC(=O)O. The molecule has 0 aliphatic carbocycles. The van der Waals surface area contributed by atoms with Crippen LogP contribution in [0.25, 0.3) is 18.2 Å². The van der Waals surface area contributed by atoms with Crippen LogP contribution in [0.1, 0.15) is 16.7 Å². The third-order valence-corrected chi connectivity index (χ3v) is 3.02. The highest BCUT2D eigenvalue weighted by atomic mass is 16.4. The monoisotopic (exact) mass is 367 g/mol. The quantitative estimate of drug-likeness (QED) is 0.687. The summed E-state index contributed by atoms with van der Waals surface area (Å²) in [6, 6.07) is 18.0. The standard InChI is InChI=1S/C10H10.C8H8.C4H7NO4/c1-3-9-7-5-6-8-10(9)4-2;1-2-8-6-4-3-5-7-8;6-3(7)1-5-2-4(8)9/h3-8H,1-2H2;2-7H,1H2;5H,1-2H2,(H,6,7)(H,8,9). The number of hydrogen-bond donors (Lipinski definition) is 3. The summed E-state index contributed by atoms with van der Waals surface area (Å²) in [6.07, 6.45) is 5.49. The van der Waals surface area contributed by atoms with Crippen molar-refractivity contribution in [2.75, 3.05) is 13.1 Å². The zero-order chi connectivity index (χ0) is 20.5. The summed E-state index contributed by atoms with van der Waals surface area (Å²) in [5.74, 6) is -2.12. The number of rotatable bonds is 7. The van der Waals surface area contributed by atoms with Crippen molar-refractivity contribution in [1.29, 1.82) is 0 Å². The summed E-state index contributed by atoms with van der Waals surface area (Å²) in [7, 11) is 0. The van der Waals surface area contributed by atoms with Gasteiger partial charge in [0.15, 0.2) is 0 Å². The average Bonchev–Trinajstić information content (AvgIpc) is 2.69. The molecule has 0 aliphatic rings. The van der Waals surface area contributed by atoms with E-state index in [1.165, 1.54) is 5.56 Å². The topological polar surface area (TPSA) is 86.6 Å². The van der Waals surface area contributed by atoms with Gasteiger partial charge in [0, 0.05) is 0 Å². The third kappa shape index (κ3) is 12.6. The molecule has 0 fully saturated rings. The fourth-order valence-electron chi connectivity index (χ4n) is 1.75. The highest BCUT2D eigenvalue weighted by Gasteiger charge is 1.97. The van der Waals surface area contributed by atoms with Gasteiger partial charge in [-0.15, -0.1) is 0 Å². The van der Waals surface area contributed by atoms with Crippen molar-refractivity contribution in [3.63, 3.8) is 0 Å². The van der Waals surface area contributed by atoms with E-state index in [-0.39, 0.29) is 13.1 Å². The summed E-state index contributed by atoms with van der Waals surface area (Å²) in [5.41, 5.74) is 3.45. The van der Waals surface area contributed by atoms with E-state index in [1.54, 1.807) is 0 Å². The lowest BCUT2D eigenvalue weighted by atomic mass is 10.1. The minimum Gasteiger partial charge on any atom is -0.480 e. The van der Waals surface area contributed by atoms with Crippen molar-refractivity contribution in [2.45, 2.75) is 0 Å². The van der Waals surface area contributed by atoms with Crippen LogP contribution < -0.4 is 5.32 Å². The molecule has 0 aromatic heterocycles. The molecule has 2 aromatic rings. The molecule has 0 spiro atoms. The first-order valence-corrected chi connectivity index (χ1v) is 8.10. The molecule has 27 heavy (non-hydrogen) atoms. The van der Waals surface area contributed by atoms with Gasteiger partial charge in [-0.3, -0.25) is 14.9 Å². The molecule has 0 bridgehead atoms. The molecule has 0 unspecified atom stereocenters. The van der Waals surface area contributed by atoms with Gasteiger partial charge < -0.3 is 10.2 Å². The molecule has 0 heterocycles. The minimum absolute atomic E-state index is 0.313. The van der Waals surface area contributed by atoms with E-state index in [9.17, 15) is 9.59 Å². The average molecular weight is 367 g/mol. The van der Waals surface area contributed by atoms with Crippen LogP contribution in [0.2, 0.25) is 0 Å². The molecule has 0 aliphatic heterocycles. The maximum atomic E-state index is 9.73. The van der Waals surface area contributed by atoms with Crippen molar-refractivity contribution in [1.82, 2.24) is 5.32 Å². The van der Waals surface area contributed by atoms with Gasteiger partial charge in [-0.25, -0.2) is 0 Å². The van der Waals surface area contributed by atoms with E-state index < -0.39 is 11.9 Å². The Morgan fingerprint density at radius 3 is 1.44 bits per heavy atom. The number of carbonyl (C=O) groups is 2. The van der Waals surface area contributed by atoms with Gasteiger partial charge in [0.25, 0.3) is 0 Å². The van der Waals surface area contributed by atoms with Crippen LogP contribution in [0.3, 0.4) is 0 Å².